The topological polar surface area (TPSA) is 85.8 Å². The van der Waals surface area contributed by atoms with Crippen LogP contribution in [0.1, 0.15) is 49.5 Å². The molecule has 1 aliphatic rings. The minimum atomic E-state index is -0.606. The summed E-state index contributed by atoms with van der Waals surface area (Å²) in [6, 6.07) is 10.5. The molecule has 1 aromatic carbocycles. The smallest absolute Gasteiger partial charge is 0.221 e. The van der Waals surface area contributed by atoms with Crippen molar-refractivity contribution in [2.45, 2.75) is 50.7 Å². The lowest BCUT2D eigenvalue weighted by atomic mass is 9.95. The number of carbonyl (C=O) groups excluding carboxylic acids is 1. The average molecular weight is 403 g/mol. The van der Waals surface area contributed by atoms with Crippen LogP contribution >= 0.6 is 11.3 Å². The van der Waals surface area contributed by atoms with Crippen LogP contribution in [0.15, 0.2) is 35.3 Å². The van der Waals surface area contributed by atoms with Crippen molar-refractivity contribution in [2.75, 3.05) is 20.1 Å². The Kier molecular flexibility index (Phi) is 7.68. The van der Waals surface area contributed by atoms with Gasteiger partial charge in [-0.25, -0.2) is 0 Å². The molecular formula is C21H30N4O2S. The molecule has 1 aromatic heterocycles. The zero-order valence-electron chi connectivity index (χ0n) is 16.4. The van der Waals surface area contributed by atoms with E-state index in [9.17, 15) is 9.90 Å². The largest absolute Gasteiger partial charge is 0.386 e. The molecule has 7 heteroatoms. The summed E-state index contributed by atoms with van der Waals surface area (Å²) < 4.78 is 1.17. The zero-order chi connectivity index (χ0) is 19.8. The van der Waals surface area contributed by atoms with Crippen LogP contribution in [0.2, 0.25) is 0 Å². The Morgan fingerprint density at radius 1 is 1.25 bits per heavy atom. The number of thiophene rings is 1. The van der Waals surface area contributed by atoms with E-state index in [4.69, 9.17) is 0 Å². The molecule has 2 aromatic rings. The SMILES string of the molecule is CN=C(NCCC(=O)NC1CCCCC1)NCC(O)c1cc2ccccc2s1. The monoisotopic (exact) mass is 402 g/mol. The number of rotatable bonds is 7. The summed E-state index contributed by atoms with van der Waals surface area (Å²) in [4.78, 5) is 17.2. The summed E-state index contributed by atoms with van der Waals surface area (Å²) >= 11 is 1.60. The number of nitrogens with zero attached hydrogens (tertiary/aromatic N) is 1. The molecule has 4 N–H and O–H groups in total. The van der Waals surface area contributed by atoms with Crippen LogP contribution in [0.4, 0.5) is 0 Å². The van der Waals surface area contributed by atoms with Gasteiger partial charge in [-0.05, 0) is 30.4 Å². The number of amides is 1. The predicted molar refractivity (Wildman–Crippen MR) is 116 cm³/mol. The van der Waals surface area contributed by atoms with Gasteiger partial charge in [0.25, 0.3) is 0 Å². The Balaban J connectivity index is 1.38. The number of benzene rings is 1. The van der Waals surface area contributed by atoms with E-state index in [1.165, 1.54) is 24.0 Å². The average Bonchev–Trinajstić information content (AvgIpc) is 3.15. The molecule has 1 heterocycles. The van der Waals surface area contributed by atoms with E-state index in [0.717, 1.165) is 23.1 Å². The molecule has 3 rings (SSSR count). The van der Waals surface area contributed by atoms with Gasteiger partial charge in [-0.15, -0.1) is 11.3 Å². The second-order valence-electron chi connectivity index (χ2n) is 7.23. The number of fused-ring (bicyclic) bond motifs is 1. The van der Waals surface area contributed by atoms with Crippen LogP contribution in [-0.2, 0) is 4.79 Å². The van der Waals surface area contributed by atoms with Gasteiger partial charge in [0.1, 0.15) is 6.10 Å². The fraction of sp³-hybridized carbons (Fsp3) is 0.524. The van der Waals surface area contributed by atoms with Crippen LogP contribution in [0, 0.1) is 0 Å². The number of nitrogens with one attached hydrogen (secondary N) is 3. The third-order valence-electron chi connectivity index (χ3n) is 5.07. The normalized spacial score (nSPS) is 16.7. The van der Waals surface area contributed by atoms with E-state index in [-0.39, 0.29) is 5.91 Å². The maximum atomic E-state index is 12.1. The quantitative estimate of drug-likeness (QED) is 0.424. The van der Waals surface area contributed by atoms with Crippen molar-refractivity contribution in [1.82, 2.24) is 16.0 Å². The molecule has 1 saturated carbocycles. The van der Waals surface area contributed by atoms with Gasteiger partial charge >= 0.3 is 0 Å². The predicted octanol–water partition coefficient (Wildman–Crippen LogP) is 2.94. The van der Waals surface area contributed by atoms with Crippen molar-refractivity contribution < 1.29 is 9.90 Å². The minimum Gasteiger partial charge on any atom is -0.386 e. The van der Waals surface area contributed by atoms with Gasteiger partial charge in [-0.1, -0.05) is 37.5 Å². The van der Waals surface area contributed by atoms with E-state index >= 15 is 0 Å². The van der Waals surface area contributed by atoms with E-state index in [0.29, 0.717) is 31.5 Å². The van der Waals surface area contributed by atoms with Gasteiger partial charge < -0.3 is 21.1 Å². The highest BCUT2D eigenvalue weighted by molar-refractivity contribution is 7.19. The second-order valence-corrected chi connectivity index (χ2v) is 8.35. The van der Waals surface area contributed by atoms with Crippen molar-refractivity contribution in [1.29, 1.82) is 0 Å². The van der Waals surface area contributed by atoms with Crippen molar-refractivity contribution in [3.8, 4) is 0 Å². The number of guanidine groups is 1. The van der Waals surface area contributed by atoms with Crippen LogP contribution in [0.5, 0.6) is 0 Å². The van der Waals surface area contributed by atoms with Gasteiger partial charge in [0.05, 0.1) is 0 Å². The van der Waals surface area contributed by atoms with Gasteiger partial charge in [0, 0.05) is 42.2 Å². The number of hydrogen-bond donors (Lipinski definition) is 4. The molecule has 1 amide bonds. The summed E-state index contributed by atoms with van der Waals surface area (Å²) in [5, 5.41) is 21.0. The molecule has 6 nitrogen and oxygen atoms in total. The van der Waals surface area contributed by atoms with Crippen LogP contribution in [0.25, 0.3) is 10.1 Å². The Labute approximate surface area is 170 Å². The van der Waals surface area contributed by atoms with Crippen molar-refractivity contribution in [2.24, 2.45) is 4.99 Å². The van der Waals surface area contributed by atoms with Crippen molar-refractivity contribution in [3.63, 3.8) is 0 Å². The zero-order valence-corrected chi connectivity index (χ0v) is 17.2. The second kappa shape index (κ2) is 10.4. The molecule has 0 bridgehead atoms. The Morgan fingerprint density at radius 2 is 2.04 bits per heavy atom. The van der Waals surface area contributed by atoms with Crippen LogP contribution in [0.3, 0.4) is 0 Å². The molecule has 1 aliphatic carbocycles. The highest BCUT2D eigenvalue weighted by atomic mass is 32.1. The molecule has 1 fully saturated rings. The summed E-state index contributed by atoms with van der Waals surface area (Å²) in [5.41, 5.74) is 0. The molecule has 0 radical (unpaired) electrons. The first-order valence-electron chi connectivity index (χ1n) is 10.1. The number of hydrogen-bond acceptors (Lipinski definition) is 4. The molecule has 0 saturated heterocycles. The first kappa shape index (κ1) is 20.6. The summed E-state index contributed by atoms with van der Waals surface area (Å²) in [5.74, 6) is 0.672. The highest BCUT2D eigenvalue weighted by Crippen LogP contribution is 2.29. The Morgan fingerprint density at radius 3 is 2.79 bits per heavy atom. The number of aliphatic hydroxyl groups excluding tert-OH is 1. The molecule has 0 spiro atoms. The first-order valence-corrected chi connectivity index (χ1v) is 10.9. The van der Waals surface area contributed by atoms with Gasteiger partial charge in [-0.2, -0.15) is 0 Å². The van der Waals surface area contributed by atoms with Crippen molar-refractivity contribution >= 4 is 33.3 Å². The summed E-state index contributed by atoms with van der Waals surface area (Å²) in [6.07, 6.45) is 5.70. The Hall–Kier alpha value is -2.12. The lowest BCUT2D eigenvalue weighted by Gasteiger charge is -2.22. The van der Waals surface area contributed by atoms with Crippen LogP contribution < -0.4 is 16.0 Å². The van der Waals surface area contributed by atoms with Crippen molar-refractivity contribution in [3.05, 3.63) is 35.2 Å². The standard InChI is InChI=1S/C21H30N4O2S/c1-22-21(23-12-11-20(27)25-16-8-3-2-4-9-16)24-14-17(26)19-13-15-7-5-6-10-18(15)28-19/h5-7,10,13,16-17,26H,2-4,8-9,11-12,14H2,1H3,(H,25,27)(H2,22,23,24). The van der Waals surface area contributed by atoms with Crippen LogP contribution in [-0.4, -0.2) is 43.2 Å². The number of aliphatic hydroxyl groups is 1. The fourth-order valence-corrected chi connectivity index (χ4v) is 4.57. The molecule has 1 unspecified atom stereocenters. The third-order valence-corrected chi connectivity index (χ3v) is 6.29. The summed E-state index contributed by atoms with van der Waals surface area (Å²) in [7, 11) is 1.68. The molecule has 152 valence electrons. The number of carbonyl (C=O) groups is 1. The van der Waals surface area contributed by atoms with E-state index < -0.39 is 6.10 Å². The van der Waals surface area contributed by atoms with Gasteiger partial charge in [0.15, 0.2) is 5.96 Å². The first-order chi connectivity index (χ1) is 13.7. The number of aliphatic imine (C=N–C) groups is 1. The minimum absolute atomic E-state index is 0.0835. The molecule has 0 aliphatic heterocycles. The summed E-state index contributed by atoms with van der Waals surface area (Å²) in [6.45, 7) is 0.873. The van der Waals surface area contributed by atoms with E-state index in [1.54, 1.807) is 18.4 Å². The maximum absolute atomic E-state index is 12.1. The van der Waals surface area contributed by atoms with Gasteiger partial charge in [-0.3, -0.25) is 9.79 Å². The molecule has 28 heavy (non-hydrogen) atoms. The maximum Gasteiger partial charge on any atom is 0.221 e. The Bertz CT molecular complexity index is 766. The fourth-order valence-electron chi connectivity index (χ4n) is 3.52. The van der Waals surface area contributed by atoms with E-state index in [1.807, 2.05) is 24.3 Å². The lowest BCUT2D eigenvalue weighted by molar-refractivity contribution is -0.121. The highest BCUT2D eigenvalue weighted by Gasteiger charge is 2.16. The molecule has 1 atom stereocenters. The third kappa shape index (κ3) is 5.94. The molecular weight excluding hydrogens is 372 g/mol. The van der Waals surface area contributed by atoms with Gasteiger partial charge in [0.2, 0.25) is 5.91 Å². The lowest BCUT2D eigenvalue weighted by Crippen LogP contribution is -2.42. The van der Waals surface area contributed by atoms with E-state index in [2.05, 4.69) is 27.0 Å².